The van der Waals surface area contributed by atoms with Gasteiger partial charge in [-0.15, -0.1) is 0 Å². The van der Waals surface area contributed by atoms with Crippen LogP contribution in [-0.4, -0.2) is 65.6 Å². The number of aryl methyl sites for hydroxylation is 1. The quantitative estimate of drug-likeness (QED) is 0.593. The topological polar surface area (TPSA) is 76.7 Å². The Kier molecular flexibility index (Phi) is 4.70. The zero-order chi connectivity index (χ0) is 20.0. The first-order valence-electron chi connectivity index (χ1n) is 9.37. The smallest absolute Gasteiger partial charge is 0.311 e. The van der Waals surface area contributed by atoms with Gasteiger partial charge in [0.15, 0.2) is 5.75 Å². The van der Waals surface area contributed by atoms with E-state index in [1.165, 1.54) is 13.2 Å². The highest BCUT2D eigenvalue weighted by molar-refractivity contribution is 5.85. The molecule has 28 heavy (non-hydrogen) atoms. The van der Waals surface area contributed by atoms with Crippen LogP contribution in [0.4, 0.5) is 15.8 Å². The third-order valence-corrected chi connectivity index (χ3v) is 5.86. The van der Waals surface area contributed by atoms with Crippen LogP contribution in [0.1, 0.15) is 12.1 Å². The van der Waals surface area contributed by atoms with E-state index in [-0.39, 0.29) is 17.5 Å². The lowest BCUT2D eigenvalue weighted by Crippen LogP contribution is -2.52. The second-order valence-corrected chi connectivity index (χ2v) is 7.50. The van der Waals surface area contributed by atoms with Crippen LogP contribution in [0.3, 0.4) is 0 Å². The Balaban J connectivity index is 1.88. The SMILES string of the molecule is COc1cc2c(cc1[N+](=O)[O-])-c1cnn(C)c1CCN2C1CCN(C)CC1F. The van der Waals surface area contributed by atoms with Crippen molar-refractivity contribution < 1.29 is 14.1 Å². The van der Waals surface area contributed by atoms with Crippen molar-refractivity contribution in [2.45, 2.75) is 25.1 Å². The third-order valence-electron chi connectivity index (χ3n) is 5.86. The molecule has 0 amide bonds. The first-order valence-corrected chi connectivity index (χ1v) is 9.37. The Labute approximate surface area is 162 Å². The van der Waals surface area contributed by atoms with Gasteiger partial charge < -0.3 is 14.5 Å². The number of piperidine rings is 1. The molecule has 2 aliphatic rings. The lowest BCUT2D eigenvalue weighted by Gasteiger charge is -2.41. The summed E-state index contributed by atoms with van der Waals surface area (Å²) in [6.07, 6.45) is 2.13. The highest BCUT2D eigenvalue weighted by Crippen LogP contribution is 2.44. The number of alkyl halides is 1. The molecular formula is C19H24FN5O3. The van der Waals surface area contributed by atoms with Gasteiger partial charge >= 0.3 is 5.69 Å². The van der Waals surface area contributed by atoms with Crippen molar-refractivity contribution in [2.24, 2.45) is 7.05 Å². The summed E-state index contributed by atoms with van der Waals surface area (Å²) < 4.78 is 22.1. The number of methoxy groups -OCH3 is 1. The van der Waals surface area contributed by atoms with Crippen molar-refractivity contribution >= 4 is 11.4 Å². The number of halogens is 1. The maximum Gasteiger partial charge on any atom is 0.311 e. The van der Waals surface area contributed by atoms with Crippen LogP contribution < -0.4 is 9.64 Å². The Hall–Kier alpha value is -2.68. The van der Waals surface area contributed by atoms with E-state index in [1.807, 2.05) is 19.0 Å². The van der Waals surface area contributed by atoms with Crippen LogP contribution in [0.25, 0.3) is 11.1 Å². The highest BCUT2D eigenvalue weighted by atomic mass is 19.1. The summed E-state index contributed by atoms with van der Waals surface area (Å²) in [5, 5.41) is 15.9. The number of rotatable bonds is 3. The lowest BCUT2D eigenvalue weighted by atomic mass is 9.98. The van der Waals surface area contributed by atoms with E-state index in [0.29, 0.717) is 31.5 Å². The van der Waals surface area contributed by atoms with Gasteiger partial charge in [0.05, 0.1) is 24.3 Å². The van der Waals surface area contributed by atoms with Gasteiger partial charge in [0.1, 0.15) is 6.17 Å². The summed E-state index contributed by atoms with van der Waals surface area (Å²) in [5.74, 6) is 0.185. The van der Waals surface area contributed by atoms with E-state index in [0.717, 1.165) is 23.5 Å². The fraction of sp³-hybridized carbons (Fsp3) is 0.526. The van der Waals surface area contributed by atoms with Gasteiger partial charge in [-0.25, -0.2) is 4.39 Å². The number of nitro benzene ring substituents is 1. The molecule has 2 atom stereocenters. The minimum atomic E-state index is -0.993. The number of benzene rings is 1. The number of nitrogens with zero attached hydrogens (tertiary/aromatic N) is 5. The van der Waals surface area contributed by atoms with Crippen LogP contribution in [0, 0.1) is 10.1 Å². The fourth-order valence-corrected chi connectivity index (χ4v) is 4.39. The van der Waals surface area contributed by atoms with E-state index in [9.17, 15) is 14.5 Å². The summed E-state index contributed by atoms with van der Waals surface area (Å²) in [7, 11) is 5.20. The Morgan fingerprint density at radius 2 is 2.07 bits per heavy atom. The molecule has 4 rings (SSSR count). The average molecular weight is 389 g/mol. The molecule has 150 valence electrons. The van der Waals surface area contributed by atoms with E-state index in [1.54, 1.807) is 16.9 Å². The standard InChI is InChI=1S/C19H24FN5O3/c1-22-6-4-16(14(20)11-22)24-7-5-15-13(10-21-23(15)2)12-8-18(25(26)27)19(28-3)9-17(12)24/h8-10,14,16H,4-7,11H2,1-3H3. The maximum absolute atomic E-state index is 15.0. The third kappa shape index (κ3) is 2.99. The molecule has 2 unspecified atom stereocenters. The molecule has 1 fully saturated rings. The van der Waals surface area contributed by atoms with Gasteiger partial charge in [-0.1, -0.05) is 0 Å². The molecule has 0 spiro atoms. The van der Waals surface area contributed by atoms with Crippen molar-refractivity contribution in [3.8, 4) is 16.9 Å². The first kappa shape index (κ1) is 18.7. The summed E-state index contributed by atoms with van der Waals surface area (Å²) in [5.41, 5.74) is 3.23. The van der Waals surface area contributed by atoms with E-state index in [4.69, 9.17) is 4.74 Å². The van der Waals surface area contributed by atoms with Crippen molar-refractivity contribution in [2.75, 3.05) is 38.7 Å². The minimum absolute atomic E-state index is 0.0990. The van der Waals surface area contributed by atoms with Gasteiger partial charge in [-0.05, 0) is 13.5 Å². The van der Waals surface area contributed by atoms with Crippen LogP contribution in [0.15, 0.2) is 18.3 Å². The highest BCUT2D eigenvalue weighted by Gasteiger charge is 2.36. The number of nitro groups is 1. The minimum Gasteiger partial charge on any atom is -0.490 e. The molecule has 1 aromatic carbocycles. The predicted octanol–water partition coefficient (Wildman–Crippen LogP) is 2.41. The molecule has 2 aromatic rings. The zero-order valence-corrected chi connectivity index (χ0v) is 16.3. The molecule has 1 saturated heterocycles. The summed E-state index contributed by atoms with van der Waals surface area (Å²) >= 11 is 0. The molecule has 0 saturated carbocycles. The number of hydrogen-bond acceptors (Lipinski definition) is 6. The predicted molar refractivity (Wildman–Crippen MR) is 104 cm³/mol. The normalized spacial score (nSPS) is 22.4. The lowest BCUT2D eigenvalue weighted by molar-refractivity contribution is -0.385. The van der Waals surface area contributed by atoms with Crippen molar-refractivity contribution in [1.29, 1.82) is 0 Å². The Bertz CT molecular complexity index is 915. The monoisotopic (exact) mass is 389 g/mol. The average Bonchev–Trinajstić information content (AvgIpc) is 2.94. The van der Waals surface area contributed by atoms with E-state index < -0.39 is 11.1 Å². The van der Waals surface area contributed by atoms with E-state index >= 15 is 0 Å². The number of anilines is 1. The molecule has 2 aliphatic heterocycles. The first-order chi connectivity index (χ1) is 13.4. The van der Waals surface area contributed by atoms with Crippen molar-refractivity contribution in [3.05, 3.63) is 34.1 Å². The Morgan fingerprint density at radius 3 is 2.75 bits per heavy atom. The zero-order valence-electron chi connectivity index (χ0n) is 16.3. The van der Waals surface area contributed by atoms with Gasteiger partial charge in [-0.3, -0.25) is 14.8 Å². The molecule has 8 nitrogen and oxygen atoms in total. The van der Waals surface area contributed by atoms with Gasteiger partial charge in [-0.2, -0.15) is 5.10 Å². The molecular weight excluding hydrogens is 365 g/mol. The van der Waals surface area contributed by atoms with Crippen LogP contribution in [0.5, 0.6) is 5.75 Å². The molecule has 0 bridgehead atoms. The van der Waals surface area contributed by atoms with Gasteiger partial charge in [0.25, 0.3) is 0 Å². The largest absolute Gasteiger partial charge is 0.490 e. The number of aromatic nitrogens is 2. The fourth-order valence-electron chi connectivity index (χ4n) is 4.39. The summed E-state index contributed by atoms with van der Waals surface area (Å²) in [6.45, 7) is 1.82. The van der Waals surface area contributed by atoms with E-state index in [2.05, 4.69) is 10.00 Å². The summed E-state index contributed by atoms with van der Waals surface area (Å²) in [6, 6.07) is 2.94. The Morgan fingerprint density at radius 1 is 1.29 bits per heavy atom. The number of fused-ring (bicyclic) bond motifs is 3. The van der Waals surface area contributed by atoms with Crippen LogP contribution in [0.2, 0.25) is 0 Å². The van der Waals surface area contributed by atoms with Gasteiger partial charge in [0, 0.05) is 67.7 Å². The molecule has 9 heteroatoms. The maximum atomic E-state index is 15.0. The molecule has 0 aliphatic carbocycles. The number of ether oxygens (including phenoxy) is 1. The van der Waals surface area contributed by atoms with Crippen LogP contribution >= 0.6 is 0 Å². The number of hydrogen-bond donors (Lipinski definition) is 0. The second kappa shape index (κ2) is 7.05. The van der Waals surface area contributed by atoms with Crippen molar-refractivity contribution in [3.63, 3.8) is 0 Å². The van der Waals surface area contributed by atoms with Gasteiger partial charge in [0.2, 0.25) is 0 Å². The van der Waals surface area contributed by atoms with Crippen LogP contribution in [-0.2, 0) is 13.5 Å². The second-order valence-electron chi connectivity index (χ2n) is 7.50. The molecule has 3 heterocycles. The molecule has 1 aromatic heterocycles. The summed E-state index contributed by atoms with van der Waals surface area (Å²) in [4.78, 5) is 15.2. The molecule has 0 N–H and O–H groups in total. The number of likely N-dealkylation sites (tertiary alicyclic amines) is 1. The van der Waals surface area contributed by atoms with Crippen molar-refractivity contribution in [1.82, 2.24) is 14.7 Å². The molecule has 0 radical (unpaired) electrons.